The largest absolute Gasteiger partial charge is 0.481 e. The van der Waals surface area contributed by atoms with Crippen molar-refractivity contribution in [3.63, 3.8) is 0 Å². The topological polar surface area (TPSA) is 45.0 Å². The molecule has 4 nitrogen and oxygen atoms in total. The van der Waals surface area contributed by atoms with E-state index in [0.717, 1.165) is 50.1 Å². The Kier molecular flexibility index (Phi) is 8.87. The van der Waals surface area contributed by atoms with Crippen molar-refractivity contribution in [2.45, 2.75) is 89.5 Å². The number of nitrogens with zero attached hydrogens (tertiary/aromatic N) is 1. The normalized spacial score (nSPS) is 24.6. The summed E-state index contributed by atoms with van der Waals surface area (Å²) in [5, 5.41) is 9.91. The van der Waals surface area contributed by atoms with E-state index in [2.05, 4.69) is 112 Å². The number of unbranched alkanes of at least 4 members (excludes halogenated alkanes) is 2. The summed E-state index contributed by atoms with van der Waals surface area (Å²) in [7, 11) is 2.27. The number of benzene rings is 2. The van der Waals surface area contributed by atoms with Gasteiger partial charge in [0.15, 0.2) is 0 Å². The van der Waals surface area contributed by atoms with Gasteiger partial charge in [-0.2, -0.15) is 0 Å². The van der Waals surface area contributed by atoms with Crippen LogP contribution in [0.1, 0.15) is 83.8 Å². The van der Waals surface area contributed by atoms with Crippen LogP contribution in [0.25, 0.3) is 0 Å². The molecule has 0 bridgehead atoms. The lowest BCUT2D eigenvalue weighted by Crippen LogP contribution is -3.07. The first-order valence-corrected chi connectivity index (χ1v) is 15.9. The van der Waals surface area contributed by atoms with Crippen molar-refractivity contribution >= 4 is 28.9 Å². The molecule has 2 unspecified atom stereocenters. The van der Waals surface area contributed by atoms with Gasteiger partial charge in [0.1, 0.15) is 11.7 Å². The van der Waals surface area contributed by atoms with Crippen LogP contribution in [0.2, 0.25) is 0 Å². The Labute approximate surface area is 257 Å². The molecule has 5 heteroatoms. The average molecular weight is 586 g/mol. The molecule has 0 saturated carbocycles. The van der Waals surface area contributed by atoms with Crippen molar-refractivity contribution in [1.29, 1.82) is 0 Å². The summed E-state index contributed by atoms with van der Waals surface area (Å²) in [5.74, 6) is -0.716. The van der Waals surface area contributed by atoms with Gasteiger partial charge in [-0.25, -0.2) is 0 Å². The second-order valence-corrected chi connectivity index (χ2v) is 13.6. The predicted molar refractivity (Wildman–Crippen MR) is 175 cm³/mol. The summed E-state index contributed by atoms with van der Waals surface area (Å²) < 4.78 is 0. The summed E-state index contributed by atoms with van der Waals surface area (Å²) in [4.78, 5) is 14.8. The van der Waals surface area contributed by atoms with Crippen LogP contribution < -0.4 is 9.80 Å². The molecule has 0 aromatic heterocycles. The number of hydrogen-bond donors (Lipinski definition) is 2. The number of nitrogens with one attached hydrogen (secondary N) is 1. The van der Waals surface area contributed by atoms with E-state index in [1.54, 1.807) is 0 Å². The van der Waals surface area contributed by atoms with Gasteiger partial charge in [-0.1, -0.05) is 80.4 Å². The van der Waals surface area contributed by atoms with Gasteiger partial charge >= 0.3 is 5.97 Å². The third-order valence-corrected chi connectivity index (χ3v) is 10.2. The number of carbonyl (C=O) groups is 1. The molecule has 222 valence electrons. The second kappa shape index (κ2) is 12.3. The first kappa shape index (κ1) is 30.4. The molecule has 5 rings (SSSR count). The molecular weight excluding hydrogens is 540 g/mol. The monoisotopic (exact) mass is 585 g/mol. The van der Waals surface area contributed by atoms with Gasteiger partial charge in [0, 0.05) is 40.4 Å². The molecule has 0 fully saturated rings. The van der Waals surface area contributed by atoms with E-state index in [1.165, 1.54) is 44.2 Å². The van der Waals surface area contributed by atoms with E-state index in [4.69, 9.17) is 16.7 Å². The highest BCUT2D eigenvalue weighted by Gasteiger charge is 2.46. The number of halogens is 1. The van der Waals surface area contributed by atoms with Crippen LogP contribution in [0.3, 0.4) is 0 Å². The minimum absolute atomic E-state index is 0.0577. The van der Waals surface area contributed by atoms with E-state index in [-0.39, 0.29) is 17.3 Å². The number of hydrogen-bond acceptors (Lipinski definition) is 2. The Morgan fingerprint density at radius 1 is 1.00 bits per heavy atom. The summed E-state index contributed by atoms with van der Waals surface area (Å²) in [6.07, 6.45) is 15.1. The molecule has 2 heterocycles. The molecule has 0 radical (unpaired) electrons. The van der Waals surface area contributed by atoms with E-state index in [9.17, 15) is 4.79 Å². The number of para-hydroxylation sites is 2. The number of aliphatic carboxylic acids is 1. The Morgan fingerprint density at radius 3 is 2.45 bits per heavy atom. The smallest absolute Gasteiger partial charge is 0.303 e. The van der Waals surface area contributed by atoms with Gasteiger partial charge in [-0.15, -0.1) is 0 Å². The zero-order chi connectivity index (χ0) is 30.1. The molecule has 1 aliphatic carbocycles. The van der Waals surface area contributed by atoms with E-state index >= 15 is 0 Å². The number of quaternary nitrogens is 1. The fourth-order valence-electron chi connectivity index (χ4n) is 7.35. The summed E-state index contributed by atoms with van der Waals surface area (Å²) in [5.41, 5.74) is 9.05. The average Bonchev–Trinajstić information content (AvgIpc) is 3.29. The van der Waals surface area contributed by atoms with Crippen molar-refractivity contribution < 1.29 is 14.8 Å². The molecular formula is C37H46ClN2O2+. The fourth-order valence-corrected chi connectivity index (χ4v) is 7.67. The zero-order valence-electron chi connectivity index (χ0n) is 25.8. The van der Waals surface area contributed by atoms with Crippen molar-refractivity contribution in [3.8, 4) is 0 Å². The number of carboxylic acids is 1. The third-order valence-electron chi connectivity index (χ3n) is 9.75. The lowest BCUT2D eigenvalue weighted by molar-refractivity contribution is -0.828. The Hall–Kier alpha value is -3.08. The number of allylic oxidation sites excluding steroid dienone is 7. The Morgan fingerprint density at radius 2 is 1.71 bits per heavy atom. The van der Waals surface area contributed by atoms with Crippen LogP contribution in [-0.4, -0.2) is 30.7 Å². The number of likely N-dealkylation sites (N-methyl/N-ethyl adjacent to an activating group) is 1. The van der Waals surface area contributed by atoms with Crippen molar-refractivity contribution in [1.82, 2.24) is 0 Å². The van der Waals surface area contributed by atoms with E-state index in [1.807, 2.05) is 0 Å². The second-order valence-electron chi connectivity index (χ2n) is 13.2. The van der Waals surface area contributed by atoms with Crippen LogP contribution in [0.5, 0.6) is 0 Å². The maximum atomic E-state index is 11.0. The van der Waals surface area contributed by atoms with Crippen LogP contribution in [0, 0.1) is 0 Å². The Bertz CT molecular complexity index is 1460. The van der Waals surface area contributed by atoms with Gasteiger partial charge in [-0.05, 0) is 86.9 Å². The van der Waals surface area contributed by atoms with Gasteiger partial charge in [0.2, 0.25) is 0 Å². The maximum Gasteiger partial charge on any atom is 0.303 e. The summed E-state index contributed by atoms with van der Waals surface area (Å²) in [6, 6.07) is 17.8. The first-order chi connectivity index (χ1) is 20.0. The maximum absolute atomic E-state index is 11.0. The lowest BCUT2D eigenvalue weighted by Gasteiger charge is -2.27. The molecule has 0 spiro atoms. The molecule has 2 N–H and O–H groups in total. The molecule has 2 aliphatic heterocycles. The van der Waals surface area contributed by atoms with Gasteiger partial charge in [0.25, 0.3) is 0 Å². The fraction of sp³-hybridized carbons (Fsp3) is 0.432. The van der Waals surface area contributed by atoms with Crippen molar-refractivity contribution in [2.24, 2.45) is 0 Å². The quantitative estimate of drug-likeness (QED) is 0.293. The van der Waals surface area contributed by atoms with Gasteiger partial charge in [0.05, 0.1) is 12.5 Å². The number of rotatable bonds is 9. The molecule has 42 heavy (non-hydrogen) atoms. The number of fused-ring (bicyclic) bond motifs is 2. The molecule has 0 saturated heterocycles. The number of anilines is 1. The van der Waals surface area contributed by atoms with E-state index in [0.29, 0.717) is 6.04 Å². The highest BCUT2D eigenvalue weighted by atomic mass is 35.5. The van der Waals surface area contributed by atoms with Gasteiger partial charge in [-0.3, -0.25) is 9.69 Å². The molecule has 3 aliphatic rings. The molecule has 0 amide bonds. The minimum atomic E-state index is -0.716. The molecule has 2 aromatic carbocycles. The van der Waals surface area contributed by atoms with Crippen molar-refractivity contribution in [2.75, 3.05) is 18.5 Å². The summed E-state index contributed by atoms with van der Waals surface area (Å²) in [6.45, 7) is 10.2. The predicted octanol–water partition coefficient (Wildman–Crippen LogP) is 7.98. The lowest BCUT2D eigenvalue weighted by atomic mass is 9.80. The van der Waals surface area contributed by atoms with Crippen LogP contribution >= 0.6 is 11.6 Å². The zero-order valence-corrected chi connectivity index (χ0v) is 26.6. The SMILES string of the molecule is C[NH+]1c2ccccc2C(C)(C)C1/C=C/C1=C(Cl)C(=C/C=C2/N(CCCCCC(=O)O)c3ccccc3C2(C)C)/CCC1. The summed E-state index contributed by atoms with van der Waals surface area (Å²) >= 11 is 7.12. The molecule has 2 aromatic rings. The third kappa shape index (κ3) is 5.76. The Balaban J connectivity index is 1.39. The van der Waals surface area contributed by atoms with Crippen LogP contribution in [-0.2, 0) is 15.6 Å². The molecule has 2 atom stereocenters. The first-order valence-electron chi connectivity index (χ1n) is 15.5. The minimum Gasteiger partial charge on any atom is -0.481 e. The number of carboxylic acid groups (broad SMARTS) is 1. The highest BCUT2D eigenvalue weighted by Crippen LogP contribution is 2.48. The highest BCUT2D eigenvalue weighted by molar-refractivity contribution is 6.32. The van der Waals surface area contributed by atoms with Crippen LogP contribution in [0.4, 0.5) is 11.4 Å². The standard InChI is InChI=1S/C37H45ClN2O2/c1-36(2)28-16-8-10-18-30(28)39(5)32(36)23-21-26-14-13-15-27(35(26)38)22-24-33-37(3,4)29-17-9-11-19-31(29)40(33)25-12-6-7-20-34(41)42/h8-11,16-19,21-24,32H,6-7,12-15,20,25H2,1-5H3,(H,41,42)/p+1/b23-21+,27-22+,33-24+. The van der Waals surface area contributed by atoms with E-state index < -0.39 is 5.97 Å². The van der Waals surface area contributed by atoms with Crippen LogP contribution in [0.15, 0.2) is 94.7 Å². The van der Waals surface area contributed by atoms with Crippen molar-refractivity contribution in [3.05, 3.63) is 106 Å². The van der Waals surface area contributed by atoms with Gasteiger partial charge < -0.3 is 10.0 Å².